The number of aromatic amines is 1. The van der Waals surface area contributed by atoms with Gasteiger partial charge in [0.1, 0.15) is 17.9 Å². The van der Waals surface area contributed by atoms with Gasteiger partial charge in [0.15, 0.2) is 0 Å². The maximum atomic E-state index is 11.8. The van der Waals surface area contributed by atoms with Gasteiger partial charge in [0, 0.05) is 30.1 Å². The van der Waals surface area contributed by atoms with Crippen molar-refractivity contribution in [2.24, 2.45) is 0 Å². The molecule has 3 N–H and O–H groups in total. The first-order valence-electron chi connectivity index (χ1n) is 10.1. The zero-order valence-electron chi connectivity index (χ0n) is 18.0. The second-order valence-corrected chi connectivity index (χ2v) is 7.18. The highest BCUT2D eigenvalue weighted by atomic mass is 16.5. The Morgan fingerprint density at radius 1 is 1.21 bits per heavy atom. The summed E-state index contributed by atoms with van der Waals surface area (Å²) in [6, 6.07) is 12.4. The Balaban J connectivity index is 1.37. The fourth-order valence-corrected chi connectivity index (χ4v) is 3.10. The number of H-pyrrole nitrogens is 1. The third-order valence-corrected chi connectivity index (χ3v) is 4.97. The molecule has 1 aromatic carbocycles. The first-order valence-corrected chi connectivity index (χ1v) is 10.1. The predicted octanol–water partition coefficient (Wildman–Crippen LogP) is 1.46. The van der Waals surface area contributed by atoms with E-state index in [1.54, 1.807) is 36.5 Å². The molecule has 1 atom stereocenters. The van der Waals surface area contributed by atoms with E-state index in [-0.39, 0.29) is 11.5 Å². The van der Waals surface area contributed by atoms with Gasteiger partial charge in [-0.2, -0.15) is 10.4 Å². The van der Waals surface area contributed by atoms with Gasteiger partial charge in [0.05, 0.1) is 30.8 Å². The standard InChI is InChI=1S/C23H19N7O4/c1-34-22(33)16-5-3-15(4-6-16)19-7-2-14(9-25-19)10-26-20(31)18-12-28-30(13-18)23-27-11-17(8-24)21(32)29-23/h2-7,9,11-13,20,26,31H,10H2,1H3,(H,27,29,32). The van der Waals surface area contributed by atoms with Gasteiger partial charge in [-0.05, 0) is 23.8 Å². The van der Waals surface area contributed by atoms with Crippen molar-refractivity contribution in [1.82, 2.24) is 30.0 Å². The average Bonchev–Trinajstić information content (AvgIpc) is 3.38. The van der Waals surface area contributed by atoms with Gasteiger partial charge < -0.3 is 9.84 Å². The minimum atomic E-state index is -1.02. The number of nitriles is 1. The smallest absolute Gasteiger partial charge is 0.337 e. The molecular weight excluding hydrogens is 438 g/mol. The molecular formula is C23H19N7O4. The molecule has 0 aliphatic carbocycles. The molecule has 0 aliphatic heterocycles. The summed E-state index contributed by atoms with van der Waals surface area (Å²) >= 11 is 0. The Hall–Kier alpha value is -4.66. The number of pyridine rings is 1. The van der Waals surface area contributed by atoms with Crippen molar-refractivity contribution in [3.63, 3.8) is 0 Å². The fourth-order valence-electron chi connectivity index (χ4n) is 3.10. The first kappa shape index (κ1) is 22.5. The zero-order valence-corrected chi connectivity index (χ0v) is 18.0. The Morgan fingerprint density at radius 3 is 2.65 bits per heavy atom. The minimum absolute atomic E-state index is 0.101. The summed E-state index contributed by atoms with van der Waals surface area (Å²) in [7, 11) is 1.34. The maximum Gasteiger partial charge on any atom is 0.337 e. The van der Waals surface area contributed by atoms with Crippen LogP contribution in [-0.2, 0) is 11.3 Å². The molecule has 170 valence electrons. The van der Waals surface area contributed by atoms with Crippen LogP contribution in [0.1, 0.15) is 33.3 Å². The van der Waals surface area contributed by atoms with Crippen LogP contribution in [0.15, 0.2) is 66.0 Å². The summed E-state index contributed by atoms with van der Waals surface area (Å²) in [6.07, 6.45) is 4.78. The van der Waals surface area contributed by atoms with Crippen molar-refractivity contribution in [3.8, 4) is 23.3 Å². The van der Waals surface area contributed by atoms with Crippen LogP contribution in [0.2, 0.25) is 0 Å². The molecule has 4 rings (SSSR count). The number of aromatic nitrogens is 5. The molecule has 0 spiro atoms. The summed E-state index contributed by atoms with van der Waals surface area (Å²) in [4.78, 5) is 34.2. The third kappa shape index (κ3) is 4.88. The van der Waals surface area contributed by atoms with Crippen LogP contribution in [0.4, 0.5) is 0 Å². The van der Waals surface area contributed by atoms with E-state index in [9.17, 15) is 14.7 Å². The van der Waals surface area contributed by atoms with E-state index in [0.29, 0.717) is 17.7 Å². The Kier molecular flexibility index (Phi) is 6.54. The molecule has 4 aromatic rings. The number of hydrogen-bond acceptors (Lipinski definition) is 9. The quantitative estimate of drug-likeness (QED) is 0.276. The van der Waals surface area contributed by atoms with Crippen LogP contribution < -0.4 is 10.9 Å². The largest absolute Gasteiger partial charge is 0.465 e. The van der Waals surface area contributed by atoms with Crippen molar-refractivity contribution in [1.29, 1.82) is 5.26 Å². The van der Waals surface area contributed by atoms with Gasteiger partial charge in [-0.25, -0.2) is 14.5 Å². The molecule has 1 unspecified atom stereocenters. The second-order valence-electron chi connectivity index (χ2n) is 7.18. The topological polar surface area (TPSA) is 159 Å². The van der Waals surface area contributed by atoms with Crippen molar-refractivity contribution in [2.45, 2.75) is 12.8 Å². The van der Waals surface area contributed by atoms with Crippen LogP contribution >= 0.6 is 0 Å². The van der Waals surface area contributed by atoms with Gasteiger partial charge in [-0.3, -0.25) is 20.1 Å². The van der Waals surface area contributed by atoms with Crippen LogP contribution in [-0.4, -0.2) is 42.9 Å². The number of carbonyl (C=O) groups excluding carboxylic acids is 1. The second kappa shape index (κ2) is 9.86. The first-order chi connectivity index (χ1) is 16.5. The molecule has 0 aliphatic rings. The SMILES string of the molecule is COC(=O)c1ccc(-c2ccc(CNC(O)c3cnn(-c4ncc(C#N)c(=O)[nH]4)c3)cn2)cc1. The van der Waals surface area contributed by atoms with Crippen LogP contribution in [0, 0.1) is 11.3 Å². The van der Waals surface area contributed by atoms with Crippen LogP contribution in [0.5, 0.6) is 0 Å². The van der Waals surface area contributed by atoms with E-state index in [2.05, 4.69) is 25.4 Å². The predicted molar refractivity (Wildman–Crippen MR) is 120 cm³/mol. The lowest BCUT2D eigenvalue weighted by Gasteiger charge is -2.11. The maximum absolute atomic E-state index is 11.8. The molecule has 0 radical (unpaired) electrons. The molecule has 3 heterocycles. The number of hydrogen-bond donors (Lipinski definition) is 3. The van der Waals surface area contributed by atoms with Crippen LogP contribution in [0.3, 0.4) is 0 Å². The Labute approximate surface area is 193 Å². The lowest BCUT2D eigenvalue weighted by Crippen LogP contribution is -2.20. The summed E-state index contributed by atoms with van der Waals surface area (Å²) in [5.41, 5.74) is 2.70. The third-order valence-electron chi connectivity index (χ3n) is 4.97. The van der Waals surface area contributed by atoms with Crippen molar-refractivity contribution in [2.75, 3.05) is 7.11 Å². The van der Waals surface area contributed by atoms with Gasteiger partial charge >= 0.3 is 5.97 Å². The lowest BCUT2D eigenvalue weighted by molar-refractivity contribution is 0.0600. The van der Waals surface area contributed by atoms with Crippen molar-refractivity contribution in [3.05, 3.63) is 93.8 Å². The number of nitrogens with zero attached hydrogens (tertiary/aromatic N) is 5. The highest BCUT2D eigenvalue weighted by Crippen LogP contribution is 2.19. The number of benzene rings is 1. The summed E-state index contributed by atoms with van der Waals surface area (Å²) < 4.78 is 5.99. The molecule has 34 heavy (non-hydrogen) atoms. The minimum Gasteiger partial charge on any atom is -0.465 e. The van der Waals surface area contributed by atoms with Crippen molar-refractivity contribution < 1.29 is 14.6 Å². The van der Waals surface area contributed by atoms with Gasteiger partial charge in [0.25, 0.3) is 5.56 Å². The highest BCUT2D eigenvalue weighted by molar-refractivity contribution is 5.89. The van der Waals surface area contributed by atoms with Crippen LogP contribution in [0.25, 0.3) is 17.2 Å². The van der Waals surface area contributed by atoms with E-state index >= 15 is 0 Å². The molecule has 0 saturated carbocycles. The average molecular weight is 457 g/mol. The van der Waals surface area contributed by atoms with Gasteiger partial charge in [-0.1, -0.05) is 18.2 Å². The van der Waals surface area contributed by atoms with Gasteiger partial charge in [-0.15, -0.1) is 0 Å². The fraction of sp³-hybridized carbons (Fsp3) is 0.130. The van der Waals surface area contributed by atoms with E-state index in [1.165, 1.54) is 24.2 Å². The van der Waals surface area contributed by atoms with E-state index in [4.69, 9.17) is 10.00 Å². The molecule has 11 nitrogen and oxygen atoms in total. The summed E-state index contributed by atoms with van der Waals surface area (Å²) in [5.74, 6) is -0.270. The normalized spacial score (nSPS) is 11.6. The number of methoxy groups -OCH3 is 1. The van der Waals surface area contributed by atoms with E-state index in [1.807, 2.05) is 12.1 Å². The molecule has 0 bridgehead atoms. The van der Waals surface area contributed by atoms with E-state index in [0.717, 1.165) is 23.0 Å². The number of esters is 1. The Morgan fingerprint density at radius 2 is 2.00 bits per heavy atom. The summed E-state index contributed by atoms with van der Waals surface area (Å²) in [5, 5.41) is 26.3. The van der Waals surface area contributed by atoms with Gasteiger partial charge in [0.2, 0.25) is 5.95 Å². The molecule has 0 fully saturated rings. The number of nitrogens with one attached hydrogen (secondary N) is 2. The number of carbonyl (C=O) groups is 1. The zero-order chi connectivity index (χ0) is 24.1. The molecule has 11 heteroatoms. The Bertz CT molecular complexity index is 1400. The number of rotatable bonds is 7. The highest BCUT2D eigenvalue weighted by Gasteiger charge is 2.12. The van der Waals surface area contributed by atoms with Crippen molar-refractivity contribution >= 4 is 5.97 Å². The number of aliphatic hydroxyl groups excluding tert-OH is 1. The van der Waals surface area contributed by atoms with E-state index < -0.39 is 17.8 Å². The lowest BCUT2D eigenvalue weighted by atomic mass is 10.1. The monoisotopic (exact) mass is 457 g/mol. The molecule has 0 amide bonds. The summed E-state index contributed by atoms with van der Waals surface area (Å²) in [6.45, 7) is 0.340. The number of aliphatic hydroxyl groups is 1. The molecule has 0 saturated heterocycles. The number of ether oxygens (including phenoxy) is 1. The molecule has 3 aromatic heterocycles.